The van der Waals surface area contributed by atoms with E-state index in [9.17, 15) is 4.79 Å². The molecule has 3 aromatic rings. The van der Waals surface area contributed by atoms with Gasteiger partial charge >= 0.3 is 0 Å². The number of nitrogens with one attached hydrogen (secondary N) is 1. The third-order valence-corrected chi connectivity index (χ3v) is 6.19. The minimum absolute atomic E-state index is 0.153. The van der Waals surface area contributed by atoms with Crippen LogP contribution in [0.2, 0.25) is 0 Å². The Kier molecular flexibility index (Phi) is 6.63. The molecule has 1 amide bonds. The summed E-state index contributed by atoms with van der Waals surface area (Å²) in [6.07, 6.45) is 0.800. The predicted molar refractivity (Wildman–Crippen MR) is 110 cm³/mol. The molecule has 2 aromatic heterocycles. The molecule has 0 unspecified atom stereocenters. The lowest BCUT2D eigenvalue weighted by Crippen LogP contribution is -2.14. The molecule has 0 bridgehead atoms. The molecule has 3 rings (SSSR count). The molecule has 0 aliphatic carbocycles. The number of aryl methyl sites for hydroxylation is 2. The first-order valence-electron chi connectivity index (χ1n) is 8.80. The summed E-state index contributed by atoms with van der Waals surface area (Å²) in [5.41, 5.74) is 2.29. The maximum atomic E-state index is 12.1. The second-order valence-electron chi connectivity index (χ2n) is 6.14. The lowest BCUT2D eigenvalue weighted by atomic mass is 10.1. The molecule has 0 fully saturated rings. The van der Waals surface area contributed by atoms with Crippen LogP contribution in [-0.4, -0.2) is 36.6 Å². The fourth-order valence-electron chi connectivity index (χ4n) is 2.35. The standard InChI is InChI=1S/C18H22N6O2S2/c1-5-16-21-22-17(28-16)19-15(25)10-27-18-23-20-14(24(18)4)9-26-13-8-6-7-11(2)12(13)3/h6-8H,5,9-10H2,1-4H3,(H,19,22,25). The molecule has 28 heavy (non-hydrogen) atoms. The van der Waals surface area contributed by atoms with Gasteiger partial charge in [0.05, 0.1) is 5.75 Å². The van der Waals surface area contributed by atoms with E-state index < -0.39 is 0 Å². The Morgan fingerprint density at radius 3 is 2.82 bits per heavy atom. The van der Waals surface area contributed by atoms with Crippen LogP contribution >= 0.6 is 23.1 Å². The Morgan fingerprint density at radius 2 is 2.07 bits per heavy atom. The zero-order chi connectivity index (χ0) is 20.1. The highest BCUT2D eigenvalue weighted by atomic mass is 32.2. The van der Waals surface area contributed by atoms with Crippen molar-refractivity contribution in [1.82, 2.24) is 25.0 Å². The van der Waals surface area contributed by atoms with Gasteiger partial charge in [-0.05, 0) is 37.5 Å². The van der Waals surface area contributed by atoms with Gasteiger partial charge in [-0.25, -0.2) is 0 Å². The Labute approximate surface area is 171 Å². The van der Waals surface area contributed by atoms with Gasteiger partial charge in [0.15, 0.2) is 11.0 Å². The van der Waals surface area contributed by atoms with Crippen LogP contribution in [0.3, 0.4) is 0 Å². The average molecular weight is 419 g/mol. The summed E-state index contributed by atoms with van der Waals surface area (Å²) in [5.74, 6) is 1.59. The summed E-state index contributed by atoms with van der Waals surface area (Å²) >= 11 is 2.70. The molecule has 148 valence electrons. The summed E-state index contributed by atoms with van der Waals surface area (Å²) < 4.78 is 7.73. The molecule has 0 saturated carbocycles. The van der Waals surface area contributed by atoms with Gasteiger partial charge in [-0.1, -0.05) is 42.2 Å². The van der Waals surface area contributed by atoms with Crippen LogP contribution in [0.5, 0.6) is 5.75 Å². The molecule has 0 radical (unpaired) electrons. The maximum Gasteiger partial charge on any atom is 0.236 e. The van der Waals surface area contributed by atoms with Crippen molar-refractivity contribution >= 4 is 34.1 Å². The van der Waals surface area contributed by atoms with Crippen LogP contribution in [0.25, 0.3) is 0 Å². The molecule has 0 saturated heterocycles. The van der Waals surface area contributed by atoms with Crippen molar-refractivity contribution < 1.29 is 9.53 Å². The van der Waals surface area contributed by atoms with Crippen molar-refractivity contribution in [1.29, 1.82) is 0 Å². The minimum Gasteiger partial charge on any atom is -0.485 e. The van der Waals surface area contributed by atoms with Gasteiger partial charge in [-0.3, -0.25) is 10.1 Å². The lowest BCUT2D eigenvalue weighted by molar-refractivity contribution is -0.113. The second-order valence-corrected chi connectivity index (χ2v) is 8.14. The lowest BCUT2D eigenvalue weighted by Gasteiger charge is -2.10. The van der Waals surface area contributed by atoms with E-state index in [-0.39, 0.29) is 11.7 Å². The first-order valence-corrected chi connectivity index (χ1v) is 10.6. The number of hydrogen-bond donors (Lipinski definition) is 1. The van der Waals surface area contributed by atoms with Crippen LogP contribution < -0.4 is 10.1 Å². The number of anilines is 1. The topological polar surface area (TPSA) is 94.8 Å². The zero-order valence-electron chi connectivity index (χ0n) is 16.2. The van der Waals surface area contributed by atoms with E-state index in [4.69, 9.17) is 4.74 Å². The van der Waals surface area contributed by atoms with Crippen molar-refractivity contribution in [3.63, 3.8) is 0 Å². The van der Waals surface area contributed by atoms with Gasteiger partial charge in [-0.2, -0.15) is 0 Å². The van der Waals surface area contributed by atoms with Crippen LogP contribution in [0.4, 0.5) is 5.13 Å². The number of nitrogens with zero attached hydrogens (tertiary/aromatic N) is 5. The van der Waals surface area contributed by atoms with Crippen molar-refractivity contribution in [2.24, 2.45) is 7.05 Å². The van der Waals surface area contributed by atoms with Crippen molar-refractivity contribution in [3.05, 3.63) is 40.2 Å². The van der Waals surface area contributed by atoms with Gasteiger partial charge in [0.25, 0.3) is 0 Å². The fraction of sp³-hybridized carbons (Fsp3) is 0.389. The summed E-state index contributed by atoms with van der Waals surface area (Å²) in [6, 6.07) is 5.96. The van der Waals surface area contributed by atoms with E-state index in [2.05, 4.69) is 38.7 Å². The predicted octanol–water partition coefficient (Wildman–Crippen LogP) is 3.16. The van der Waals surface area contributed by atoms with Crippen LogP contribution in [0.15, 0.2) is 23.4 Å². The quantitative estimate of drug-likeness (QED) is 0.562. The highest BCUT2D eigenvalue weighted by molar-refractivity contribution is 7.99. The molecule has 8 nitrogen and oxygen atoms in total. The van der Waals surface area contributed by atoms with E-state index in [1.165, 1.54) is 28.7 Å². The van der Waals surface area contributed by atoms with Crippen LogP contribution in [0, 0.1) is 13.8 Å². The molecule has 1 N–H and O–H groups in total. The molecule has 1 aromatic carbocycles. The number of aromatic nitrogens is 5. The van der Waals surface area contributed by atoms with E-state index >= 15 is 0 Å². The summed E-state index contributed by atoms with van der Waals surface area (Å²) in [7, 11) is 1.86. The Balaban J connectivity index is 1.54. The molecule has 2 heterocycles. The highest BCUT2D eigenvalue weighted by Gasteiger charge is 2.14. The van der Waals surface area contributed by atoms with Gasteiger partial charge in [0.2, 0.25) is 11.0 Å². The highest BCUT2D eigenvalue weighted by Crippen LogP contribution is 2.22. The van der Waals surface area contributed by atoms with Gasteiger partial charge in [-0.15, -0.1) is 20.4 Å². The van der Waals surface area contributed by atoms with E-state index in [1.807, 2.05) is 37.6 Å². The summed E-state index contributed by atoms with van der Waals surface area (Å²) in [6.45, 7) is 6.39. The number of amides is 1. The molecule has 0 aliphatic rings. The van der Waals surface area contributed by atoms with Crippen LogP contribution in [0.1, 0.15) is 28.9 Å². The first kappa shape index (κ1) is 20.3. The normalized spacial score (nSPS) is 10.9. The number of thioether (sulfide) groups is 1. The number of rotatable bonds is 8. The number of benzene rings is 1. The number of ether oxygens (including phenoxy) is 1. The average Bonchev–Trinajstić information content (AvgIpc) is 3.28. The van der Waals surface area contributed by atoms with E-state index in [1.54, 1.807) is 0 Å². The number of hydrogen-bond acceptors (Lipinski definition) is 8. The van der Waals surface area contributed by atoms with E-state index in [0.717, 1.165) is 22.7 Å². The smallest absolute Gasteiger partial charge is 0.236 e. The van der Waals surface area contributed by atoms with Gasteiger partial charge in [0.1, 0.15) is 17.4 Å². The first-order chi connectivity index (χ1) is 13.5. The van der Waals surface area contributed by atoms with Gasteiger partial charge in [0, 0.05) is 7.05 Å². The summed E-state index contributed by atoms with van der Waals surface area (Å²) in [5, 5.41) is 21.1. The zero-order valence-corrected chi connectivity index (χ0v) is 17.9. The van der Waals surface area contributed by atoms with E-state index in [0.29, 0.717) is 22.7 Å². The van der Waals surface area contributed by atoms with Crippen molar-refractivity contribution in [2.45, 2.75) is 39.0 Å². The molecule has 0 atom stereocenters. The monoisotopic (exact) mass is 418 g/mol. The molecular formula is C18H22N6O2S2. The Hall–Kier alpha value is -2.46. The third-order valence-electron chi connectivity index (χ3n) is 4.18. The van der Waals surface area contributed by atoms with Crippen LogP contribution in [-0.2, 0) is 24.9 Å². The number of carbonyl (C=O) groups excluding carboxylic acids is 1. The van der Waals surface area contributed by atoms with Crippen molar-refractivity contribution in [2.75, 3.05) is 11.1 Å². The minimum atomic E-state index is -0.153. The van der Waals surface area contributed by atoms with Crippen molar-refractivity contribution in [3.8, 4) is 5.75 Å². The largest absolute Gasteiger partial charge is 0.485 e. The SMILES string of the molecule is CCc1nnc(NC(=O)CSc2nnc(COc3cccc(C)c3C)n2C)s1. The number of carbonyl (C=O) groups is 1. The molecular weight excluding hydrogens is 396 g/mol. The maximum absolute atomic E-state index is 12.1. The van der Waals surface area contributed by atoms with Gasteiger partial charge < -0.3 is 9.30 Å². The fourth-order valence-corrected chi connectivity index (χ4v) is 3.78. The molecule has 0 aliphatic heterocycles. The second kappa shape index (κ2) is 9.16. The third kappa shape index (κ3) is 4.87. The Morgan fingerprint density at radius 1 is 1.25 bits per heavy atom. The molecule has 10 heteroatoms. The molecule has 0 spiro atoms. The Bertz CT molecular complexity index is 969. The summed E-state index contributed by atoms with van der Waals surface area (Å²) in [4.78, 5) is 12.1.